The topological polar surface area (TPSA) is 109 Å². The van der Waals surface area contributed by atoms with Crippen LogP contribution in [0.25, 0.3) is 0 Å². The van der Waals surface area contributed by atoms with Gasteiger partial charge in [0.1, 0.15) is 6.04 Å². The van der Waals surface area contributed by atoms with Crippen LogP contribution in [0, 0.1) is 0 Å². The summed E-state index contributed by atoms with van der Waals surface area (Å²) in [4.78, 5) is 30.5. The third kappa shape index (κ3) is 4.08. The lowest BCUT2D eigenvalue weighted by Gasteiger charge is -2.28. The first kappa shape index (κ1) is 17.4. The fourth-order valence-corrected chi connectivity index (χ4v) is 2.89. The molecule has 2 atom stereocenters. The molecule has 1 aliphatic heterocycles. The van der Waals surface area contributed by atoms with Crippen LogP contribution in [0.3, 0.4) is 0 Å². The number of likely N-dealkylation sites (tertiary alicyclic amines) is 1. The van der Waals surface area contributed by atoms with Crippen molar-refractivity contribution in [2.45, 2.75) is 45.1 Å². The lowest BCUT2D eigenvalue weighted by molar-refractivity contribution is -0.132. The molecule has 23 heavy (non-hydrogen) atoms. The SMILES string of the molecule is CB(O)C1CCCN1C(=O)C(C)NC(=O)c1ccnc(CN)c1. The average Bonchev–Trinajstić information content (AvgIpc) is 3.03. The van der Waals surface area contributed by atoms with E-state index in [9.17, 15) is 14.6 Å². The minimum absolute atomic E-state index is 0.171. The van der Waals surface area contributed by atoms with Gasteiger partial charge in [-0.15, -0.1) is 0 Å². The van der Waals surface area contributed by atoms with Crippen molar-refractivity contribution in [2.24, 2.45) is 5.73 Å². The number of carbonyl (C=O) groups excluding carboxylic acids is 2. The van der Waals surface area contributed by atoms with Crippen LogP contribution in [0.15, 0.2) is 18.3 Å². The van der Waals surface area contributed by atoms with E-state index in [1.807, 2.05) is 0 Å². The molecule has 124 valence electrons. The maximum Gasteiger partial charge on any atom is 0.309 e. The van der Waals surface area contributed by atoms with E-state index in [1.54, 1.807) is 30.8 Å². The van der Waals surface area contributed by atoms with Crippen molar-refractivity contribution in [3.63, 3.8) is 0 Å². The minimum Gasteiger partial charge on any atom is -0.449 e. The first-order chi connectivity index (χ1) is 10.9. The number of amides is 2. The molecule has 0 saturated carbocycles. The summed E-state index contributed by atoms with van der Waals surface area (Å²) >= 11 is 0. The second-order valence-electron chi connectivity index (χ2n) is 5.92. The van der Waals surface area contributed by atoms with Gasteiger partial charge < -0.3 is 21.0 Å². The smallest absolute Gasteiger partial charge is 0.309 e. The van der Waals surface area contributed by atoms with Crippen LogP contribution in [-0.4, -0.2) is 52.2 Å². The first-order valence-corrected chi connectivity index (χ1v) is 7.88. The van der Waals surface area contributed by atoms with Gasteiger partial charge >= 0.3 is 6.92 Å². The van der Waals surface area contributed by atoms with Gasteiger partial charge in [0.25, 0.3) is 5.91 Å². The minimum atomic E-state index is -0.656. The summed E-state index contributed by atoms with van der Waals surface area (Å²) in [7, 11) is 0. The van der Waals surface area contributed by atoms with Gasteiger partial charge in [-0.25, -0.2) is 0 Å². The molecule has 0 spiro atoms. The highest BCUT2D eigenvalue weighted by Crippen LogP contribution is 2.19. The average molecular weight is 318 g/mol. The Labute approximate surface area is 136 Å². The van der Waals surface area contributed by atoms with Crippen LogP contribution in [0.5, 0.6) is 0 Å². The highest BCUT2D eigenvalue weighted by molar-refractivity contribution is 6.51. The third-order valence-electron chi connectivity index (χ3n) is 4.15. The van der Waals surface area contributed by atoms with Gasteiger partial charge in [0.05, 0.1) is 5.69 Å². The van der Waals surface area contributed by atoms with Crippen LogP contribution in [-0.2, 0) is 11.3 Å². The van der Waals surface area contributed by atoms with Gasteiger partial charge in [-0.2, -0.15) is 0 Å². The molecule has 1 aromatic rings. The van der Waals surface area contributed by atoms with E-state index in [0.29, 0.717) is 17.8 Å². The Morgan fingerprint density at radius 3 is 3.00 bits per heavy atom. The van der Waals surface area contributed by atoms with Crippen molar-refractivity contribution in [1.82, 2.24) is 15.2 Å². The van der Waals surface area contributed by atoms with Crippen molar-refractivity contribution in [3.05, 3.63) is 29.6 Å². The zero-order valence-corrected chi connectivity index (χ0v) is 13.5. The van der Waals surface area contributed by atoms with E-state index in [4.69, 9.17) is 5.73 Å². The number of nitrogens with one attached hydrogen (secondary N) is 1. The largest absolute Gasteiger partial charge is 0.449 e. The lowest BCUT2D eigenvalue weighted by atomic mass is 9.62. The fraction of sp³-hybridized carbons (Fsp3) is 0.533. The number of aromatic nitrogens is 1. The molecular formula is C15H23BN4O3. The van der Waals surface area contributed by atoms with Gasteiger partial charge in [0.15, 0.2) is 0 Å². The van der Waals surface area contributed by atoms with Gasteiger partial charge in [-0.3, -0.25) is 14.6 Å². The van der Waals surface area contributed by atoms with Crippen molar-refractivity contribution in [1.29, 1.82) is 0 Å². The number of hydrogen-bond acceptors (Lipinski definition) is 5. The Kier molecular flexibility index (Phi) is 5.73. The van der Waals surface area contributed by atoms with Crippen LogP contribution in [0.1, 0.15) is 35.8 Å². The first-order valence-electron chi connectivity index (χ1n) is 7.88. The monoisotopic (exact) mass is 318 g/mol. The predicted molar refractivity (Wildman–Crippen MR) is 87.6 cm³/mol. The quantitative estimate of drug-likeness (QED) is 0.652. The van der Waals surface area contributed by atoms with Crippen LogP contribution in [0.2, 0.25) is 6.82 Å². The van der Waals surface area contributed by atoms with Crippen LogP contribution < -0.4 is 11.1 Å². The summed E-state index contributed by atoms with van der Waals surface area (Å²) in [5.41, 5.74) is 6.56. The molecule has 2 heterocycles. The second-order valence-corrected chi connectivity index (χ2v) is 5.92. The summed E-state index contributed by atoms with van der Waals surface area (Å²) in [6.07, 6.45) is 3.17. The Hall–Kier alpha value is -1.93. The van der Waals surface area contributed by atoms with Gasteiger partial charge in [0, 0.05) is 30.8 Å². The maximum absolute atomic E-state index is 12.5. The third-order valence-corrected chi connectivity index (χ3v) is 4.15. The Bertz CT molecular complexity index is 582. The molecule has 0 radical (unpaired) electrons. The van der Waals surface area contributed by atoms with E-state index in [1.165, 1.54) is 6.20 Å². The number of rotatable bonds is 5. The van der Waals surface area contributed by atoms with Gasteiger partial charge in [0.2, 0.25) is 5.91 Å². The van der Waals surface area contributed by atoms with Crippen molar-refractivity contribution >= 4 is 18.7 Å². The van der Waals surface area contributed by atoms with E-state index in [-0.39, 0.29) is 24.3 Å². The molecule has 7 nitrogen and oxygen atoms in total. The summed E-state index contributed by atoms with van der Waals surface area (Å²) in [5.74, 6) is -0.683. The van der Waals surface area contributed by atoms with Crippen molar-refractivity contribution < 1.29 is 14.6 Å². The number of nitrogens with two attached hydrogens (primary N) is 1. The standard InChI is InChI=1S/C15H23BN4O3/c1-10(15(22)20-7-3-4-13(20)16(2)23)19-14(21)11-5-6-18-12(8-11)9-17/h5-6,8,10,13,23H,3-4,7,9,17H2,1-2H3,(H,19,21). The molecule has 1 aromatic heterocycles. The molecule has 0 aromatic carbocycles. The molecule has 2 unspecified atom stereocenters. The molecule has 4 N–H and O–H groups in total. The van der Waals surface area contributed by atoms with Gasteiger partial charge in [-0.05, 0) is 31.9 Å². The van der Waals surface area contributed by atoms with E-state index < -0.39 is 13.0 Å². The summed E-state index contributed by atoms with van der Waals surface area (Å²) in [5, 5.41) is 12.5. The zero-order valence-electron chi connectivity index (χ0n) is 13.5. The highest BCUT2D eigenvalue weighted by atomic mass is 16.2. The van der Waals surface area contributed by atoms with Crippen LogP contribution in [0.4, 0.5) is 0 Å². The molecule has 0 aliphatic carbocycles. The van der Waals surface area contributed by atoms with E-state index in [2.05, 4.69) is 10.3 Å². The molecular weight excluding hydrogens is 295 g/mol. The Morgan fingerprint density at radius 1 is 1.61 bits per heavy atom. The molecule has 1 fully saturated rings. The Balaban J connectivity index is 2.01. The van der Waals surface area contributed by atoms with Crippen LogP contribution >= 0.6 is 0 Å². The Morgan fingerprint density at radius 2 is 2.35 bits per heavy atom. The normalized spacial score (nSPS) is 18.6. The summed E-state index contributed by atoms with van der Waals surface area (Å²) in [6, 6.07) is 2.54. The lowest BCUT2D eigenvalue weighted by Crippen LogP contribution is -2.52. The zero-order chi connectivity index (χ0) is 17.0. The molecule has 2 amide bonds. The predicted octanol–water partition coefficient (Wildman–Crippen LogP) is -0.198. The molecule has 1 aliphatic rings. The number of nitrogens with zero attached hydrogens (tertiary/aromatic N) is 2. The van der Waals surface area contributed by atoms with E-state index in [0.717, 1.165) is 12.8 Å². The number of carbonyl (C=O) groups is 2. The maximum atomic E-state index is 12.5. The van der Waals surface area contributed by atoms with Crippen molar-refractivity contribution in [2.75, 3.05) is 6.54 Å². The highest BCUT2D eigenvalue weighted by Gasteiger charge is 2.36. The number of pyridine rings is 1. The molecule has 8 heteroatoms. The van der Waals surface area contributed by atoms with Gasteiger partial charge in [-0.1, -0.05) is 6.82 Å². The summed E-state index contributed by atoms with van der Waals surface area (Å²) < 4.78 is 0. The summed E-state index contributed by atoms with van der Waals surface area (Å²) in [6.45, 7) is 3.63. The molecule has 2 rings (SSSR count). The molecule has 1 saturated heterocycles. The molecule has 0 bridgehead atoms. The van der Waals surface area contributed by atoms with E-state index >= 15 is 0 Å². The number of hydrogen-bond donors (Lipinski definition) is 3. The fourth-order valence-electron chi connectivity index (χ4n) is 2.89. The second kappa shape index (κ2) is 7.56. The van der Waals surface area contributed by atoms with Crippen molar-refractivity contribution in [3.8, 4) is 0 Å².